The summed E-state index contributed by atoms with van der Waals surface area (Å²) in [5, 5.41) is 9.57. The Balaban J connectivity index is 1.98. The zero-order chi connectivity index (χ0) is 10.7. The van der Waals surface area contributed by atoms with Gasteiger partial charge in [-0.1, -0.05) is 0 Å². The van der Waals surface area contributed by atoms with E-state index < -0.39 is 18.2 Å². The summed E-state index contributed by atoms with van der Waals surface area (Å²) >= 11 is 0. The third-order valence-corrected chi connectivity index (χ3v) is 2.23. The highest BCUT2D eigenvalue weighted by Gasteiger charge is 2.26. The van der Waals surface area contributed by atoms with Crippen LogP contribution in [0.3, 0.4) is 0 Å². The highest BCUT2D eigenvalue weighted by atomic mass is 19.1. The molecule has 0 amide bonds. The Morgan fingerprint density at radius 3 is 2.93 bits per heavy atom. The van der Waals surface area contributed by atoms with Gasteiger partial charge in [-0.3, -0.25) is 0 Å². The van der Waals surface area contributed by atoms with Crippen molar-refractivity contribution in [2.45, 2.75) is 18.7 Å². The van der Waals surface area contributed by atoms with Crippen molar-refractivity contribution in [3.63, 3.8) is 0 Å². The molecule has 1 aliphatic heterocycles. The lowest BCUT2D eigenvalue weighted by Gasteiger charge is -2.26. The van der Waals surface area contributed by atoms with Gasteiger partial charge in [-0.05, 0) is 13.0 Å². The maximum atomic E-state index is 13.3. The van der Waals surface area contributed by atoms with E-state index in [-0.39, 0.29) is 12.4 Å². The molecule has 0 radical (unpaired) electrons. The lowest BCUT2D eigenvalue weighted by Crippen LogP contribution is -2.44. The van der Waals surface area contributed by atoms with Gasteiger partial charge in [0.15, 0.2) is 0 Å². The summed E-state index contributed by atoms with van der Waals surface area (Å²) in [6, 6.07) is 2.48. The largest absolute Gasteiger partial charge is 0.470 e. The summed E-state index contributed by atoms with van der Waals surface area (Å²) < 4.78 is 31.0. The molecule has 1 aromatic rings. The normalized spacial score (nSPS) is 26.3. The molecule has 0 saturated carbocycles. The Morgan fingerprint density at radius 2 is 2.27 bits per heavy atom. The molecule has 2 heterocycles. The average molecular weight is 215 g/mol. The van der Waals surface area contributed by atoms with Crippen molar-refractivity contribution in [3.05, 3.63) is 18.1 Å². The SMILES string of the molecule is Fc1ccc(O[C@H]2CCNC[C@H]2F)nn1. The smallest absolute Gasteiger partial charge is 0.233 e. The molecule has 1 fully saturated rings. The molecule has 1 saturated heterocycles. The van der Waals surface area contributed by atoms with Crippen molar-refractivity contribution in [1.82, 2.24) is 15.5 Å². The van der Waals surface area contributed by atoms with Crippen LogP contribution in [0.2, 0.25) is 0 Å². The molecule has 2 rings (SSSR count). The quantitative estimate of drug-likeness (QED) is 0.788. The van der Waals surface area contributed by atoms with Gasteiger partial charge in [-0.2, -0.15) is 4.39 Å². The van der Waals surface area contributed by atoms with E-state index in [2.05, 4.69) is 15.5 Å². The average Bonchev–Trinajstić information content (AvgIpc) is 2.25. The lowest BCUT2D eigenvalue weighted by molar-refractivity contribution is 0.0682. The number of hydrogen-bond donors (Lipinski definition) is 1. The number of alkyl halides is 1. The Bertz CT molecular complexity index is 320. The third kappa shape index (κ3) is 2.59. The number of hydrogen-bond acceptors (Lipinski definition) is 4. The second-order valence-electron chi connectivity index (χ2n) is 3.36. The van der Waals surface area contributed by atoms with Crippen LogP contribution in [0.1, 0.15) is 6.42 Å². The van der Waals surface area contributed by atoms with E-state index >= 15 is 0 Å². The summed E-state index contributed by atoms with van der Waals surface area (Å²) in [6.07, 6.45) is -1.02. The minimum absolute atomic E-state index is 0.158. The number of nitrogens with one attached hydrogen (secondary N) is 1. The van der Waals surface area contributed by atoms with Crippen LogP contribution in [0, 0.1) is 5.95 Å². The summed E-state index contributed by atoms with van der Waals surface area (Å²) in [4.78, 5) is 0. The predicted molar refractivity (Wildman–Crippen MR) is 48.8 cm³/mol. The van der Waals surface area contributed by atoms with E-state index in [4.69, 9.17) is 4.74 Å². The van der Waals surface area contributed by atoms with Crippen molar-refractivity contribution in [2.75, 3.05) is 13.1 Å². The zero-order valence-electron chi connectivity index (χ0n) is 7.99. The molecular weight excluding hydrogens is 204 g/mol. The van der Waals surface area contributed by atoms with Crippen molar-refractivity contribution in [2.24, 2.45) is 0 Å². The first-order chi connectivity index (χ1) is 7.25. The first-order valence-corrected chi connectivity index (χ1v) is 4.76. The van der Waals surface area contributed by atoms with Crippen LogP contribution in [0.15, 0.2) is 12.1 Å². The predicted octanol–water partition coefficient (Wildman–Crippen LogP) is 0.694. The molecule has 2 atom stereocenters. The minimum Gasteiger partial charge on any atom is -0.470 e. The Kier molecular flexibility index (Phi) is 3.05. The highest BCUT2D eigenvalue weighted by Crippen LogP contribution is 2.15. The molecule has 0 spiro atoms. The van der Waals surface area contributed by atoms with Gasteiger partial charge in [0, 0.05) is 18.7 Å². The van der Waals surface area contributed by atoms with E-state index in [0.717, 1.165) is 6.07 Å². The monoisotopic (exact) mass is 215 g/mol. The van der Waals surface area contributed by atoms with Crippen molar-refractivity contribution < 1.29 is 13.5 Å². The molecule has 15 heavy (non-hydrogen) atoms. The van der Waals surface area contributed by atoms with E-state index in [1.165, 1.54) is 6.07 Å². The lowest BCUT2D eigenvalue weighted by atomic mass is 10.1. The Morgan fingerprint density at radius 1 is 1.40 bits per heavy atom. The standard InChI is InChI=1S/C9H11F2N3O/c10-6-5-12-4-3-7(6)15-9-2-1-8(11)13-14-9/h1-2,6-7,12H,3-5H2/t6-,7+/m1/s1. The van der Waals surface area contributed by atoms with Crippen molar-refractivity contribution in [3.8, 4) is 5.88 Å². The van der Waals surface area contributed by atoms with E-state index in [1.54, 1.807) is 0 Å². The van der Waals surface area contributed by atoms with Gasteiger partial charge in [0.25, 0.3) is 0 Å². The topological polar surface area (TPSA) is 47.0 Å². The summed E-state index contributed by atoms with van der Waals surface area (Å²) in [5.41, 5.74) is 0. The summed E-state index contributed by atoms with van der Waals surface area (Å²) in [6.45, 7) is 0.985. The molecule has 82 valence electrons. The van der Waals surface area contributed by atoms with Crippen LogP contribution >= 0.6 is 0 Å². The fourth-order valence-corrected chi connectivity index (χ4v) is 1.45. The first-order valence-electron chi connectivity index (χ1n) is 4.76. The third-order valence-electron chi connectivity index (χ3n) is 2.23. The molecule has 1 N–H and O–H groups in total. The van der Waals surface area contributed by atoms with E-state index in [0.29, 0.717) is 13.0 Å². The first kappa shape index (κ1) is 10.2. The van der Waals surface area contributed by atoms with Gasteiger partial charge in [-0.25, -0.2) is 4.39 Å². The highest BCUT2D eigenvalue weighted by molar-refractivity contribution is 5.07. The van der Waals surface area contributed by atoms with Crippen molar-refractivity contribution >= 4 is 0 Å². The van der Waals surface area contributed by atoms with Gasteiger partial charge in [0.2, 0.25) is 11.8 Å². The number of ether oxygens (including phenoxy) is 1. The number of halogens is 2. The molecule has 0 unspecified atom stereocenters. The van der Waals surface area contributed by atoms with Gasteiger partial charge in [0.05, 0.1) is 0 Å². The van der Waals surface area contributed by atoms with Gasteiger partial charge in [0.1, 0.15) is 12.3 Å². The molecule has 0 bridgehead atoms. The van der Waals surface area contributed by atoms with Crippen LogP contribution in [0.5, 0.6) is 5.88 Å². The van der Waals surface area contributed by atoms with E-state index in [1.807, 2.05) is 0 Å². The van der Waals surface area contributed by atoms with Crippen LogP contribution in [0.4, 0.5) is 8.78 Å². The molecule has 0 aliphatic carbocycles. The van der Waals surface area contributed by atoms with E-state index in [9.17, 15) is 8.78 Å². The van der Waals surface area contributed by atoms with Gasteiger partial charge < -0.3 is 10.1 Å². The maximum absolute atomic E-state index is 13.3. The molecule has 1 aromatic heterocycles. The summed E-state index contributed by atoms with van der Waals surface area (Å²) in [5.74, 6) is -0.518. The number of rotatable bonds is 2. The summed E-state index contributed by atoms with van der Waals surface area (Å²) in [7, 11) is 0. The van der Waals surface area contributed by atoms with Gasteiger partial charge >= 0.3 is 0 Å². The number of nitrogens with zero attached hydrogens (tertiary/aromatic N) is 2. The van der Waals surface area contributed by atoms with Crippen LogP contribution < -0.4 is 10.1 Å². The maximum Gasteiger partial charge on any atom is 0.233 e. The van der Waals surface area contributed by atoms with Gasteiger partial charge in [-0.15, -0.1) is 10.2 Å². The van der Waals surface area contributed by atoms with Crippen LogP contribution in [-0.2, 0) is 0 Å². The van der Waals surface area contributed by atoms with Crippen LogP contribution in [0.25, 0.3) is 0 Å². The fraction of sp³-hybridized carbons (Fsp3) is 0.556. The number of aromatic nitrogens is 2. The minimum atomic E-state index is -1.06. The second kappa shape index (κ2) is 4.48. The zero-order valence-corrected chi connectivity index (χ0v) is 7.99. The molecular formula is C9H11F2N3O. The number of piperidine rings is 1. The fourth-order valence-electron chi connectivity index (χ4n) is 1.45. The second-order valence-corrected chi connectivity index (χ2v) is 3.36. The molecule has 6 heteroatoms. The molecule has 4 nitrogen and oxygen atoms in total. The molecule has 0 aromatic carbocycles. The Labute approximate surface area is 85.7 Å². The van der Waals surface area contributed by atoms with Crippen LogP contribution in [-0.4, -0.2) is 35.6 Å². The molecule has 1 aliphatic rings. The Hall–Kier alpha value is -1.30. The van der Waals surface area contributed by atoms with Crippen molar-refractivity contribution in [1.29, 1.82) is 0 Å².